The van der Waals surface area contributed by atoms with Crippen LogP contribution in [0.25, 0.3) is 0 Å². The van der Waals surface area contributed by atoms with Gasteiger partial charge in [0.25, 0.3) is 0 Å². The summed E-state index contributed by atoms with van der Waals surface area (Å²) >= 11 is 0. The summed E-state index contributed by atoms with van der Waals surface area (Å²) in [5.41, 5.74) is -0.122. The quantitative estimate of drug-likeness (QED) is 0.712. The molecule has 1 N–H and O–H groups in total. The fourth-order valence-electron chi connectivity index (χ4n) is 1.82. The molecule has 0 amide bonds. The van der Waals surface area contributed by atoms with Gasteiger partial charge in [-0.05, 0) is 36.4 Å². The van der Waals surface area contributed by atoms with Gasteiger partial charge in [0.05, 0.1) is 0 Å². The van der Waals surface area contributed by atoms with Crippen molar-refractivity contribution in [3.63, 3.8) is 0 Å². The molecule has 6 heteroatoms. The molecule has 0 aromatic heterocycles. The van der Waals surface area contributed by atoms with Gasteiger partial charge in [0.2, 0.25) is 0 Å². The van der Waals surface area contributed by atoms with Gasteiger partial charge in [-0.15, -0.1) is 0 Å². The lowest BCUT2D eigenvalue weighted by molar-refractivity contribution is 0.106. The molecule has 5 nitrogen and oxygen atoms in total. The molecular formula is C19H16O5S. The van der Waals surface area contributed by atoms with Crippen molar-refractivity contribution in [1.29, 1.82) is 0 Å². The first-order valence-corrected chi connectivity index (χ1v) is 8.75. The number of hydrogen-bond acceptors (Lipinski definition) is 4. The molecule has 0 saturated heterocycles. The Morgan fingerprint density at radius 2 is 1.08 bits per heavy atom. The van der Waals surface area contributed by atoms with E-state index in [4.69, 9.17) is 9.29 Å². The predicted molar refractivity (Wildman–Crippen MR) is 95.3 cm³/mol. The molecule has 25 heavy (non-hydrogen) atoms. The smallest absolute Gasteiger partial charge is 0.333 e. The van der Waals surface area contributed by atoms with E-state index in [1.54, 1.807) is 12.1 Å². The summed E-state index contributed by atoms with van der Waals surface area (Å²) in [4.78, 5) is 11.3. The second-order valence-corrected chi connectivity index (χ2v) is 6.18. The van der Waals surface area contributed by atoms with Crippen LogP contribution in [0.5, 0.6) is 11.5 Å². The SMILES string of the molecule is O=C(c1ccc(Oc2ccccc2)cc1)S(=O)(=O)O.c1ccccc1. The summed E-state index contributed by atoms with van der Waals surface area (Å²) in [6.07, 6.45) is 0. The van der Waals surface area contributed by atoms with E-state index in [0.29, 0.717) is 11.5 Å². The van der Waals surface area contributed by atoms with Crippen LogP contribution in [0.1, 0.15) is 10.4 Å². The lowest BCUT2D eigenvalue weighted by atomic mass is 10.2. The van der Waals surface area contributed by atoms with Gasteiger partial charge in [0.1, 0.15) is 11.5 Å². The monoisotopic (exact) mass is 356 g/mol. The molecule has 0 fully saturated rings. The maximum atomic E-state index is 11.3. The highest BCUT2D eigenvalue weighted by atomic mass is 32.2. The normalized spacial score (nSPS) is 10.3. The molecule has 0 heterocycles. The van der Waals surface area contributed by atoms with E-state index in [2.05, 4.69) is 0 Å². The van der Waals surface area contributed by atoms with Crippen LogP contribution < -0.4 is 4.74 Å². The van der Waals surface area contributed by atoms with Crippen molar-refractivity contribution in [2.75, 3.05) is 0 Å². The number of carbonyl (C=O) groups excluding carboxylic acids is 1. The summed E-state index contributed by atoms with van der Waals surface area (Å²) in [5.74, 6) is 1.08. The van der Waals surface area contributed by atoms with Crippen LogP contribution in [0.15, 0.2) is 91.0 Å². The second kappa shape index (κ2) is 8.77. The average molecular weight is 356 g/mol. The number of benzene rings is 3. The van der Waals surface area contributed by atoms with E-state index in [1.807, 2.05) is 54.6 Å². The molecule has 3 aromatic rings. The molecule has 0 aliphatic heterocycles. The fourth-order valence-corrected chi connectivity index (χ4v) is 2.25. The Morgan fingerprint density at radius 1 is 0.680 bits per heavy atom. The Morgan fingerprint density at radius 3 is 1.52 bits per heavy atom. The van der Waals surface area contributed by atoms with Gasteiger partial charge in [-0.2, -0.15) is 8.42 Å². The molecule has 0 radical (unpaired) electrons. The second-order valence-electron chi connectivity index (χ2n) is 4.86. The van der Waals surface area contributed by atoms with Gasteiger partial charge in [-0.25, -0.2) is 0 Å². The van der Waals surface area contributed by atoms with Crippen LogP contribution in [-0.2, 0) is 10.1 Å². The first kappa shape index (κ1) is 18.4. The van der Waals surface area contributed by atoms with Crippen LogP contribution in [0.2, 0.25) is 0 Å². The standard InChI is InChI=1S/C13H10O5S.C6H6/c14-13(19(15,16)17)10-6-8-12(9-7-10)18-11-4-2-1-3-5-11;1-2-4-6-5-3-1/h1-9H,(H,15,16,17);1-6H. The molecule has 128 valence electrons. The lowest BCUT2D eigenvalue weighted by Crippen LogP contribution is -2.13. The highest BCUT2D eigenvalue weighted by molar-refractivity contribution is 8.01. The minimum atomic E-state index is -4.71. The van der Waals surface area contributed by atoms with Crippen molar-refractivity contribution in [2.24, 2.45) is 0 Å². The molecule has 0 unspecified atom stereocenters. The van der Waals surface area contributed by atoms with Gasteiger partial charge in [0.15, 0.2) is 0 Å². The van der Waals surface area contributed by atoms with E-state index < -0.39 is 15.2 Å². The molecule has 0 aliphatic carbocycles. The van der Waals surface area contributed by atoms with Crippen LogP contribution in [0.3, 0.4) is 0 Å². The van der Waals surface area contributed by atoms with Gasteiger partial charge in [0, 0.05) is 5.56 Å². The van der Waals surface area contributed by atoms with Crippen molar-refractivity contribution in [3.8, 4) is 11.5 Å². The molecule has 0 aliphatic rings. The van der Waals surface area contributed by atoms with Crippen LogP contribution in [0, 0.1) is 0 Å². The average Bonchev–Trinajstić information content (AvgIpc) is 2.64. The third-order valence-corrected chi connectivity index (χ3v) is 3.67. The molecule has 3 rings (SSSR count). The Labute approximate surface area is 146 Å². The van der Waals surface area contributed by atoms with Crippen molar-refractivity contribution in [2.45, 2.75) is 0 Å². The maximum absolute atomic E-state index is 11.3. The summed E-state index contributed by atoms with van der Waals surface area (Å²) in [6.45, 7) is 0. The summed E-state index contributed by atoms with van der Waals surface area (Å²) in [5, 5.41) is -1.33. The maximum Gasteiger partial charge on any atom is 0.333 e. The number of hydrogen-bond donors (Lipinski definition) is 1. The molecule has 0 atom stereocenters. The Bertz CT molecular complexity index is 863. The number of carbonyl (C=O) groups is 1. The lowest BCUT2D eigenvalue weighted by Gasteiger charge is -2.05. The van der Waals surface area contributed by atoms with Gasteiger partial charge >= 0.3 is 15.2 Å². The molecular weight excluding hydrogens is 340 g/mol. The Hall–Kier alpha value is -2.96. The van der Waals surface area contributed by atoms with Crippen molar-refractivity contribution in [1.82, 2.24) is 0 Å². The van der Waals surface area contributed by atoms with Crippen molar-refractivity contribution < 1.29 is 22.5 Å². The highest BCUT2D eigenvalue weighted by Crippen LogP contribution is 2.21. The largest absolute Gasteiger partial charge is 0.457 e. The zero-order valence-corrected chi connectivity index (χ0v) is 14.0. The van der Waals surface area contributed by atoms with Crippen LogP contribution in [-0.4, -0.2) is 18.1 Å². The zero-order chi connectivity index (χ0) is 18.1. The van der Waals surface area contributed by atoms with Crippen LogP contribution in [0.4, 0.5) is 0 Å². The molecule has 0 bridgehead atoms. The molecule has 3 aromatic carbocycles. The number of rotatable bonds is 3. The third kappa shape index (κ3) is 6.21. The predicted octanol–water partition coefficient (Wildman–Crippen LogP) is 4.19. The number of ether oxygens (including phenoxy) is 1. The van der Waals surface area contributed by atoms with E-state index in [-0.39, 0.29) is 5.56 Å². The van der Waals surface area contributed by atoms with E-state index in [1.165, 1.54) is 24.3 Å². The van der Waals surface area contributed by atoms with Gasteiger partial charge < -0.3 is 4.74 Å². The third-order valence-electron chi connectivity index (χ3n) is 2.97. The summed E-state index contributed by atoms with van der Waals surface area (Å²) in [6, 6.07) is 26.4. The van der Waals surface area contributed by atoms with E-state index in [9.17, 15) is 13.2 Å². The topological polar surface area (TPSA) is 80.7 Å². The minimum Gasteiger partial charge on any atom is -0.457 e. The summed E-state index contributed by atoms with van der Waals surface area (Å²) < 4.78 is 35.5. The van der Waals surface area contributed by atoms with Gasteiger partial charge in [-0.3, -0.25) is 9.35 Å². The molecule has 0 spiro atoms. The number of para-hydroxylation sites is 1. The summed E-state index contributed by atoms with van der Waals surface area (Å²) in [7, 11) is -4.71. The highest BCUT2D eigenvalue weighted by Gasteiger charge is 2.20. The first-order valence-electron chi connectivity index (χ1n) is 7.31. The fraction of sp³-hybridized carbons (Fsp3) is 0. The first-order chi connectivity index (χ1) is 12.0. The minimum absolute atomic E-state index is 0.122. The van der Waals surface area contributed by atoms with Gasteiger partial charge in [-0.1, -0.05) is 54.6 Å². The Kier molecular flexibility index (Phi) is 6.45. The molecule has 0 saturated carbocycles. The van der Waals surface area contributed by atoms with Crippen molar-refractivity contribution >= 4 is 15.2 Å². The Balaban J connectivity index is 0.000000316. The van der Waals surface area contributed by atoms with E-state index in [0.717, 1.165) is 0 Å². The van der Waals surface area contributed by atoms with Crippen LogP contribution >= 0.6 is 0 Å². The van der Waals surface area contributed by atoms with E-state index >= 15 is 0 Å². The zero-order valence-electron chi connectivity index (χ0n) is 13.1. The van der Waals surface area contributed by atoms with Crippen molar-refractivity contribution in [3.05, 3.63) is 96.6 Å².